The van der Waals surface area contributed by atoms with Crippen LogP contribution in [0, 0.1) is 0 Å². The van der Waals surface area contributed by atoms with Gasteiger partial charge in [0.2, 0.25) is 0 Å². The van der Waals surface area contributed by atoms with Crippen LogP contribution in [0.15, 0.2) is 65.8 Å². The number of carbonyl (C=O) groups is 1. The summed E-state index contributed by atoms with van der Waals surface area (Å²) in [5, 5.41) is 5.14. The van der Waals surface area contributed by atoms with E-state index in [-0.39, 0.29) is 5.91 Å². The minimum atomic E-state index is -0.284. The van der Waals surface area contributed by atoms with Gasteiger partial charge in [-0.05, 0) is 79.4 Å². The lowest BCUT2D eigenvalue weighted by atomic mass is 10.2. The number of hydrogen-bond acceptors (Lipinski definition) is 5. The number of nitrogens with one attached hydrogen (secondary N) is 1. The lowest BCUT2D eigenvalue weighted by Gasteiger charge is -2.17. The first-order valence-corrected chi connectivity index (χ1v) is 12.3. The lowest BCUT2D eigenvalue weighted by Crippen LogP contribution is -2.19. The zero-order valence-corrected chi connectivity index (χ0v) is 21.0. The van der Waals surface area contributed by atoms with Crippen LogP contribution >= 0.6 is 23.2 Å². The van der Waals surface area contributed by atoms with Crippen molar-refractivity contribution < 1.29 is 14.3 Å². The molecule has 0 spiro atoms. The standard InChI is InChI=1S/C27H27Cl2N3O3/c1-2-34-25-16-20(15-24(29)26(25)35-18-19-5-9-22(28)10-6-19)17-30-31-27(33)21-7-11-23(12-8-21)32-13-3-4-14-32/h5-12,15-17H,2-4,13-14,18H2,1H3,(H,31,33)/b30-17-. The topological polar surface area (TPSA) is 63.2 Å². The average molecular weight is 512 g/mol. The normalized spacial score (nSPS) is 13.3. The van der Waals surface area contributed by atoms with Gasteiger partial charge in [-0.2, -0.15) is 5.10 Å². The highest BCUT2D eigenvalue weighted by Gasteiger charge is 2.14. The van der Waals surface area contributed by atoms with E-state index in [0.29, 0.717) is 45.9 Å². The number of amides is 1. The fraction of sp³-hybridized carbons (Fsp3) is 0.259. The summed E-state index contributed by atoms with van der Waals surface area (Å²) in [7, 11) is 0. The molecule has 182 valence electrons. The Morgan fingerprint density at radius 1 is 1.03 bits per heavy atom. The Kier molecular flexibility index (Phi) is 8.50. The number of anilines is 1. The summed E-state index contributed by atoms with van der Waals surface area (Å²) in [5.74, 6) is 0.662. The fourth-order valence-electron chi connectivity index (χ4n) is 3.83. The van der Waals surface area contributed by atoms with Crippen LogP contribution in [0.3, 0.4) is 0 Å². The predicted molar refractivity (Wildman–Crippen MR) is 141 cm³/mol. The van der Waals surface area contributed by atoms with E-state index in [9.17, 15) is 4.79 Å². The highest BCUT2D eigenvalue weighted by molar-refractivity contribution is 6.32. The molecule has 1 fully saturated rings. The van der Waals surface area contributed by atoms with Gasteiger partial charge in [0.1, 0.15) is 6.61 Å². The van der Waals surface area contributed by atoms with Crippen LogP contribution in [0.4, 0.5) is 5.69 Å². The second kappa shape index (κ2) is 12.0. The molecule has 1 N–H and O–H groups in total. The SMILES string of the molecule is CCOc1cc(/C=N\NC(=O)c2ccc(N3CCCC3)cc2)cc(Cl)c1OCc1ccc(Cl)cc1. The summed E-state index contributed by atoms with van der Waals surface area (Å²) in [6.45, 7) is 4.77. The summed E-state index contributed by atoms with van der Waals surface area (Å²) < 4.78 is 11.7. The van der Waals surface area contributed by atoms with E-state index in [1.807, 2.05) is 43.3 Å². The molecule has 35 heavy (non-hydrogen) atoms. The van der Waals surface area contributed by atoms with Gasteiger partial charge in [0, 0.05) is 29.4 Å². The summed E-state index contributed by atoms with van der Waals surface area (Å²) in [6, 6.07) is 18.4. The molecule has 8 heteroatoms. The van der Waals surface area contributed by atoms with Crippen LogP contribution < -0.4 is 19.8 Å². The molecular formula is C27H27Cl2N3O3. The molecule has 3 aromatic carbocycles. The van der Waals surface area contributed by atoms with Crippen LogP contribution in [0.25, 0.3) is 0 Å². The zero-order valence-electron chi connectivity index (χ0n) is 19.5. The third kappa shape index (κ3) is 6.68. The van der Waals surface area contributed by atoms with Crippen LogP contribution in [0.5, 0.6) is 11.5 Å². The van der Waals surface area contributed by atoms with Crippen molar-refractivity contribution in [2.45, 2.75) is 26.4 Å². The third-order valence-electron chi connectivity index (χ3n) is 5.61. The zero-order chi connectivity index (χ0) is 24.6. The Morgan fingerprint density at radius 3 is 2.43 bits per heavy atom. The van der Waals surface area contributed by atoms with Crippen molar-refractivity contribution in [1.29, 1.82) is 0 Å². The number of benzene rings is 3. The Balaban J connectivity index is 1.40. The highest BCUT2D eigenvalue weighted by atomic mass is 35.5. The summed E-state index contributed by atoms with van der Waals surface area (Å²) >= 11 is 12.4. The van der Waals surface area contributed by atoms with E-state index in [1.54, 1.807) is 24.3 Å². The molecule has 4 rings (SSSR count). The summed E-state index contributed by atoms with van der Waals surface area (Å²) in [6.07, 6.45) is 3.94. The van der Waals surface area contributed by atoms with E-state index in [4.69, 9.17) is 32.7 Å². The van der Waals surface area contributed by atoms with Gasteiger partial charge in [0.05, 0.1) is 17.8 Å². The Morgan fingerprint density at radius 2 is 1.74 bits per heavy atom. The number of carbonyl (C=O) groups excluding carboxylic acids is 1. The van der Waals surface area contributed by atoms with Crippen molar-refractivity contribution in [2.75, 3.05) is 24.6 Å². The molecule has 0 bridgehead atoms. The molecule has 0 aromatic heterocycles. The third-order valence-corrected chi connectivity index (χ3v) is 6.14. The van der Waals surface area contributed by atoms with E-state index in [2.05, 4.69) is 15.4 Å². The molecule has 1 saturated heterocycles. The molecule has 3 aromatic rings. The van der Waals surface area contributed by atoms with Gasteiger partial charge in [-0.1, -0.05) is 35.3 Å². The van der Waals surface area contributed by atoms with Gasteiger partial charge in [-0.25, -0.2) is 5.43 Å². The van der Waals surface area contributed by atoms with Crippen LogP contribution in [-0.2, 0) is 6.61 Å². The molecule has 1 aliphatic rings. The molecule has 0 atom stereocenters. The largest absolute Gasteiger partial charge is 0.490 e. The summed E-state index contributed by atoms with van der Waals surface area (Å²) in [5.41, 5.74) is 5.87. The number of ether oxygens (including phenoxy) is 2. The maximum absolute atomic E-state index is 12.5. The van der Waals surface area contributed by atoms with Crippen LogP contribution in [0.1, 0.15) is 41.3 Å². The van der Waals surface area contributed by atoms with Gasteiger partial charge in [-0.3, -0.25) is 4.79 Å². The van der Waals surface area contributed by atoms with Crippen molar-refractivity contribution in [3.05, 3.63) is 87.4 Å². The van der Waals surface area contributed by atoms with Crippen molar-refractivity contribution >= 4 is 41.0 Å². The van der Waals surface area contributed by atoms with Gasteiger partial charge < -0.3 is 14.4 Å². The minimum Gasteiger partial charge on any atom is -0.490 e. The predicted octanol–water partition coefficient (Wildman–Crippen LogP) is 6.34. The molecule has 1 amide bonds. The molecule has 0 radical (unpaired) electrons. The number of rotatable bonds is 9. The van der Waals surface area contributed by atoms with Crippen LogP contribution in [-0.4, -0.2) is 31.8 Å². The van der Waals surface area contributed by atoms with Crippen LogP contribution in [0.2, 0.25) is 10.0 Å². The quantitative estimate of drug-likeness (QED) is 0.269. The van der Waals surface area contributed by atoms with E-state index >= 15 is 0 Å². The monoisotopic (exact) mass is 511 g/mol. The maximum atomic E-state index is 12.5. The van der Waals surface area contributed by atoms with Crippen molar-refractivity contribution in [3.8, 4) is 11.5 Å². The molecule has 1 heterocycles. The van der Waals surface area contributed by atoms with Gasteiger partial charge in [0.15, 0.2) is 11.5 Å². The second-order valence-electron chi connectivity index (χ2n) is 8.12. The van der Waals surface area contributed by atoms with Gasteiger partial charge in [-0.15, -0.1) is 0 Å². The molecule has 0 aliphatic carbocycles. The Labute approximate surface area is 215 Å². The first-order chi connectivity index (χ1) is 17.0. The molecular weight excluding hydrogens is 485 g/mol. The van der Waals surface area contributed by atoms with E-state index in [1.165, 1.54) is 19.1 Å². The van der Waals surface area contributed by atoms with Crippen molar-refractivity contribution in [3.63, 3.8) is 0 Å². The van der Waals surface area contributed by atoms with Crippen molar-refractivity contribution in [2.24, 2.45) is 5.10 Å². The van der Waals surface area contributed by atoms with Gasteiger partial charge >= 0.3 is 0 Å². The number of hydrogen-bond donors (Lipinski definition) is 1. The van der Waals surface area contributed by atoms with E-state index in [0.717, 1.165) is 24.3 Å². The number of nitrogens with zero attached hydrogens (tertiary/aromatic N) is 2. The lowest BCUT2D eigenvalue weighted by molar-refractivity contribution is 0.0955. The molecule has 6 nitrogen and oxygen atoms in total. The highest BCUT2D eigenvalue weighted by Crippen LogP contribution is 2.37. The number of halogens is 2. The van der Waals surface area contributed by atoms with E-state index < -0.39 is 0 Å². The second-order valence-corrected chi connectivity index (χ2v) is 8.96. The number of hydrazone groups is 1. The summed E-state index contributed by atoms with van der Waals surface area (Å²) in [4.78, 5) is 14.8. The smallest absolute Gasteiger partial charge is 0.271 e. The minimum absolute atomic E-state index is 0.284. The Hall–Kier alpha value is -3.22. The molecule has 0 saturated carbocycles. The maximum Gasteiger partial charge on any atom is 0.271 e. The van der Waals surface area contributed by atoms with Gasteiger partial charge in [0.25, 0.3) is 5.91 Å². The first-order valence-electron chi connectivity index (χ1n) is 11.6. The Bertz CT molecular complexity index is 1180. The van der Waals surface area contributed by atoms with Crippen molar-refractivity contribution in [1.82, 2.24) is 5.43 Å². The average Bonchev–Trinajstić information content (AvgIpc) is 3.40. The molecule has 1 aliphatic heterocycles. The molecule has 0 unspecified atom stereocenters. The first kappa shape index (κ1) is 24.9. The fourth-order valence-corrected chi connectivity index (χ4v) is 4.23.